The fraction of sp³-hybridized carbons (Fsp3) is 0.250. The zero-order chi connectivity index (χ0) is 22.2. The maximum Gasteiger partial charge on any atom is 0.291 e. The molecule has 2 aromatic carbocycles. The zero-order valence-electron chi connectivity index (χ0n) is 17.5. The second-order valence-corrected chi connectivity index (χ2v) is 7.39. The van der Waals surface area contributed by atoms with Crippen molar-refractivity contribution in [2.45, 2.75) is 18.9 Å². The van der Waals surface area contributed by atoms with Crippen LogP contribution in [-0.2, 0) is 9.53 Å². The molecule has 1 aliphatic heterocycles. The predicted octanol–water partition coefficient (Wildman–Crippen LogP) is 4.14. The summed E-state index contributed by atoms with van der Waals surface area (Å²) in [6.45, 7) is 1.36. The lowest BCUT2D eigenvalue weighted by atomic mass is 10.2. The van der Waals surface area contributed by atoms with Crippen molar-refractivity contribution < 1.29 is 23.5 Å². The SMILES string of the molecule is O=C(CNc1cccc(NC(=O)c2ccco2)c1)Nc1cccc(OCC2CCCO2)c1. The Labute approximate surface area is 185 Å². The first-order valence-corrected chi connectivity index (χ1v) is 10.5. The molecule has 8 heteroatoms. The Balaban J connectivity index is 1.26. The molecule has 1 fully saturated rings. The monoisotopic (exact) mass is 435 g/mol. The lowest BCUT2D eigenvalue weighted by molar-refractivity contribution is -0.114. The molecule has 1 saturated heterocycles. The van der Waals surface area contributed by atoms with Crippen molar-refractivity contribution in [2.24, 2.45) is 0 Å². The van der Waals surface area contributed by atoms with Gasteiger partial charge in [0.1, 0.15) is 12.4 Å². The summed E-state index contributed by atoms with van der Waals surface area (Å²) < 4.78 is 16.4. The van der Waals surface area contributed by atoms with Gasteiger partial charge in [0.25, 0.3) is 5.91 Å². The minimum atomic E-state index is -0.341. The fourth-order valence-electron chi connectivity index (χ4n) is 3.32. The van der Waals surface area contributed by atoms with Gasteiger partial charge in [-0.15, -0.1) is 0 Å². The van der Waals surface area contributed by atoms with Crippen LogP contribution in [0.2, 0.25) is 0 Å². The fourth-order valence-corrected chi connectivity index (χ4v) is 3.32. The van der Waals surface area contributed by atoms with Gasteiger partial charge in [-0.05, 0) is 55.3 Å². The van der Waals surface area contributed by atoms with Crippen LogP contribution in [0, 0.1) is 0 Å². The van der Waals surface area contributed by atoms with Gasteiger partial charge in [-0.25, -0.2) is 0 Å². The third-order valence-corrected chi connectivity index (χ3v) is 4.90. The molecule has 166 valence electrons. The highest BCUT2D eigenvalue weighted by Crippen LogP contribution is 2.20. The molecule has 2 heterocycles. The van der Waals surface area contributed by atoms with Crippen LogP contribution in [0.5, 0.6) is 5.75 Å². The molecule has 4 rings (SSSR count). The van der Waals surface area contributed by atoms with Crippen molar-refractivity contribution in [3.05, 3.63) is 72.7 Å². The summed E-state index contributed by atoms with van der Waals surface area (Å²) in [5, 5.41) is 8.66. The smallest absolute Gasteiger partial charge is 0.291 e. The van der Waals surface area contributed by atoms with Crippen molar-refractivity contribution in [1.82, 2.24) is 0 Å². The molecule has 3 aromatic rings. The van der Waals surface area contributed by atoms with Crippen LogP contribution < -0.4 is 20.7 Å². The average molecular weight is 435 g/mol. The summed E-state index contributed by atoms with van der Waals surface area (Å²) >= 11 is 0. The van der Waals surface area contributed by atoms with Gasteiger partial charge in [-0.2, -0.15) is 0 Å². The Morgan fingerprint density at radius 3 is 2.56 bits per heavy atom. The van der Waals surface area contributed by atoms with Crippen molar-refractivity contribution >= 4 is 28.9 Å². The standard InChI is InChI=1S/C24H25N3O5/c28-23(26-19-7-2-8-20(14-19)32-16-21-9-3-11-30-21)15-25-17-5-1-6-18(13-17)27-24(29)22-10-4-12-31-22/h1-2,4-8,10,12-14,21,25H,3,9,11,15-16H2,(H,26,28)(H,27,29). The number of amides is 2. The number of furan rings is 1. The van der Waals surface area contributed by atoms with E-state index in [2.05, 4.69) is 16.0 Å². The van der Waals surface area contributed by atoms with E-state index >= 15 is 0 Å². The first-order valence-electron chi connectivity index (χ1n) is 10.5. The van der Waals surface area contributed by atoms with Crippen LogP contribution in [0.4, 0.5) is 17.1 Å². The number of hydrogen-bond donors (Lipinski definition) is 3. The Hall–Kier alpha value is -3.78. The van der Waals surface area contributed by atoms with Gasteiger partial charge in [-0.1, -0.05) is 12.1 Å². The molecule has 0 spiro atoms. The number of carbonyl (C=O) groups is 2. The molecule has 0 bridgehead atoms. The lowest BCUT2D eigenvalue weighted by Gasteiger charge is -2.13. The van der Waals surface area contributed by atoms with E-state index in [1.165, 1.54) is 6.26 Å². The molecular weight excluding hydrogens is 410 g/mol. The average Bonchev–Trinajstić information content (AvgIpc) is 3.51. The molecular formula is C24H25N3O5. The molecule has 3 N–H and O–H groups in total. The number of ether oxygens (including phenoxy) is 2. The third-order valence-electron chi connectivity index (χ3n) is 4.90. The predicted molar refractivity (Wildman–Crippen MR) is 121 cm³/mol. The minimum absolute atomic E-state index is 0.0661. The summed E-state index contributed by atoms with van der Waals surface area (Å²) in [6.07, 6.45) is 3.65. The molecule has 1 atom stereocenters. The zero-order valence-corrected chi connectivity index (χ0v) is 17.5. The quantitative estimate of drug-likeness (QED) is 0.467. The molecule has 32 heavy (non-hydrogen) atoms. The second kappa shape index (κ2) is 10.5. The van der Waals surface area contributed by atoms with E-state index in [4.69, 9.17) is 13.9 Å². The Morgan fingerprint density at radius 2 is 1.78 bits per heavy atom. The van der Waals surface area contributed by atoms with Gasteiger partial charge < -0.3 is 29.8 Å². The molecule has 1 unspecified atom stereocenters. The number of rotatable bonds is 9. The van der Waals surface area contributed by atoms with Crippen LogP contribution >= 0.6 is 0 Å². The summed E-state index contributed by atoms with van der Waals surface area (Å²) in [5.41, 5.74) is 1.94. The summed E-state index contributed by atoms with van der Waals surface area (Å²) in [5.74, 6) is 0.369. The van der Waals surface area contributed by atoms with Crippen molar-refractivity contribution in [3.63, 3.8) is 0 Å². The topological polar surface area (TPSA) is 102 Å². The van der Waals surface area contributed by atoms with Crippen LogP contribution in [0.25, 0.3) is 0 Å². The molecule has 0 aliphatic carbocycles. The second-order valence-electron chi connectivity index (χ2n) is 7.39. The van der Waals surface area contributed by atoms with Crippen molar-refractivity contribution in [2.75, 3.05) is 35.7 Å². The maximum absolute atomic E-state index is 12.4. The first-order chi connectivity index (χ1) is 15.7. The highest BCUT2D eigenvalue weighted by molar-refractivity contribution is 6.02. The van der Waals surface area contributed by atoms with E-state index in [1.807, 2.05) is 24.3 Å². The summed E-state index contributed by atoms with van der Waals surface area (Å²) in [4.78, 5) is 24.5. The van der Waals surface area contributed by atoms with Gasteiger partial charge in [0.2, 0.25) is 5.91 Å². The van der Waals surface area contributed by atoms with E-state index in [1.54, 1.807) is 36.4 Å². The number of hydrogen-bond acceptors (Lipinski definition) is 6. The van der Waals surface area contributed by atoms with E-state index in [-0.39, 0.29) is 30.2 Å². The van der Waals surface area contributed by atoms with E-state index in [0.29, 0.717) is 29.4 Å². The van der Waals surface area contributed by atoms with E-state index < -0.39 is 0 Å². The number of nitrogens with one attached hydrogen (secondary N) is 3. The molecule has 8 nitrogen and oxygen atoms in total. The van der Waals surface area contributed by atoms with E-state index in [9.17, 15) is 9.59 Å². The highest BCUT2D eigenvalue weighted by Gasteiger charge is 2.16. The first kappa shape index (κ1) is 21.5. The largest absolute Gasteiger partial charge is 0.491 e. The molecule has 0 radical (unpaired) electrons. The van der Waals surface area contributed by atoms with Crippen LogP contribution in [0.15, 0.2) is 71.3 Å². The molecule has 0 saturated carbocycles. The van der Waals surface area contributed by atoms with E-state index in [0.717, 1.165) is 19.4 Å². The van der Waals surface area contributed by atoms with Gasteiger partial charge in [-0.3, -0.25) is 9.59 Å². The number of benzene rings is 2. The minimum Gasteiger partial charge on any atom is -0.491 e. The Morgan fingerprint density at radius 1 is 0.969 bits per heavy atom. The third kappa shape index (κ3) is 6.12. The number of anilines is 3. The number of carbonyl (C=O) groups excluding carboxylic acids is 2. The molecule has 1 aromatic heterocycles. The maximum atomic E-state index is 12.4. The van der Waals surface area contributed by atoms with Crippen LogP contribution in [-0.4, -0.2) is 37.7 Å². The Bertz CT molecular complexity index is 1050. The van der Waals surface area contributed by atoms with Crippen LogP contribution in [0.1, 0.15) is 23.4 Å². The highest BCUT2D eigenvalue weighted by atomic mass is 16.5. The Kier molecular flexibility index (Phi) is 7.04. The molecule has 1 aliphatic rings. The summed E-state index contributed by atoms with van der Waals surface area (Å²) in [6, 6.07) is 17.6. The van der Waals surface area contributed by atoms with Gasteiger partial charge in [0.05, 0.1) is 18.9 Å². The van der Waals surface area contributed by atoms with Gasteiger partial charge in [0.15, 0.2) is 5.76 Å². The van der Waals surface area contributed by atoms with Crippen LogP contribution in [0.3, 0.4) is 0 Å². The molecule has 2 amide bonds. The lowest BCUT2D eigenvalue weighted by Crippen LogP contribution is -2.22. The van der Waals surface area contributed by atoms with Crippen molar-refractivity contribution in [1.29, 1.82) is 0 Å². The van der Waals surface area contributed by atoms with Gasteiger partial charge >= 0.3 is 0 Å². The summed E-state index contributed by atoms with van der Waals surface area (Å²) in [7, 11) is 0. The van der Waals surface area contributed by atoms with Crippen molar-refractivity contribution in [3.8, 4) is 5.75 Å². The van der Waals surface area contributed by atoms with Gasteiger partial charge in [0, 0.05) is 29.7 Å². The normalized spacial score (nSPS) is 15.2.